The number of carbonyl (C=O) groups is 1. The van der Waals surface area contributed by atoms with Crippen LogP contribution in [0.3, 0.4) is 0 Å². The molecule has 0 radical (unpaired) electrons. The van der Waals surface area contributed by atoms with Gasteiger partial charge in [-0.25, -0.2) is 9.97 Å². The molecule has 1 aromatic rings. The molecule has 1 aliphatic carbocycles. The fourth-order valence-electron chi connectivity index (χ4n) is 1.40. The lowest BCUT2D eigenvalue weighted by molar-refractivity contribution is -0.118. The molecular formula is C8H6Cl2N2O. The number of carbonyl (C=O) groups excluding carboxylic acids is 1. The molecule has 0 bridgehead atoms. The second-order valence-corrected chi connectivity index (χ2v) is 3.62. The standard InChI is InChI=1S/C8H6Cl2N2O/c9-7-5-3-4(13)1-2-6(5)11-8(10)12-7/h1-3H2. The average Bonchev–Trinajstić information content (AvgIpc) is 2.06. The van der Waals surface area contributed by atoms with Gasteiger partial charge in [-0.05, 0) is 18.0 Å². The maximum Gasteiger partial charge on any atom is 0.224 e. The Bertz CT molecular complexity index is 379. The van der Waals surface area contributed by atoms with Crippen LogP contribution in [0.2, 0.25) is 10.4 Å². The van der Waals surface area contributed by atoms with Crippen LogP contribution in [0.5, 0.6) is 0 Å². The molecule has 0 aromatic carbocycles. The number of rotatable bonds is 0. The van der Waals surface area contributed by atoms with Crippen LogP contribution in [0, 0.1) is 0 Å². The second kappa shape index (κ2) is 3.24. The lowest BCUT2D eigenvalue weighted by Crippen LogP contribution is -2.16. The highest BCUT2D eigenvalue weighted by Gasteiger charge is 2.20. The number of hydrogen-bond donors (Lipinski definition) is 0. The van der Waals surface area contributed by atoms with Crippen LogP contribution in [0.1, 0.15) is 17.7 Å². The van der Waals surface area contributed by atoms with Crippen molar-refractivity contribution in [1.29, 1.82) is 0 Å². The first-order valence-electron chi connectivity index (χ1n) is 3.89. The van der Waals surface area contributed by atoms with E-state index >= 15 is 0 Å². The van der Waals surface area contributed by atoms with Crippen LogP contribution in [-0.2, 0) is 17.6 Å². The predicted molar refractivity (Wildman–Crippen MR) is 49.1 cm³/mol. The van der Waals surface area contributed by atoms with E-state index in [4.69, 9.17) is 23.2 Å². The van der Waals surface area contributed by atoms with Crippen molar-refractivity contribution in [2.24, 2.45) is 0 Å². The molecule has 0 aliphatic heterocycles. The molecule has 0 saturated carbocycles. The van der Waals surface area contributed by atoms with E-state index in [0.717, 1.165) is 11.3 Å². The summed E-state index contributed by atoms with van der Waals surface area (Å²) in [6.45, 7) is 0. The molecular weight excluding hydrogens is 211 g/mol. The Hall–Kier alpha value is -0.670. The number of fused-ring (bicyclic) bond motifs is 1. The maximum absolute atomic E-state index is 11.1. The summed E-state index contributed by atoms with van der Waals surface area (Å²) in [6.07, 6.45) is 1.48. The molecule has 0 atom stereocenters. The quantitative estimate of drug-likeness (QED) is 0.491. The van der Waals surface area contributed by atoms with Gasteiger partial charge in [-0.3, -0.25) is 4.79 Å². The molecule has 0 fully saturated rings. The highest BCUT2D eigenvalue weighted by atomic mass is 35.5. The average molecular weight is 217 g/mol. The number of halogens is 2. The van der Waals surface area contributed by atoms with Crippen molar-refractivity contribution in [2.75, 3.05) is 0 Å². The summed E-state index contributed by atoms with van der Waals surface area (Å²) in [5, 5.41) is 0.459. The maximum atomic E-state index is 11.1. The van der Waals surface area contributed by atoms with Gasteiger partial charge in [0.05, 0.1) is 5.69 Å². The molecule has 3 nitrogen and oxygen atoms in total. The highest BCUT2D eigenvalue weighted by Crippen LogP contribution is 2.24. The van der Waals surface area contributed by atoms with Gasteiger partial charge in [0.15, 0.2) is 0 Å². The minimum Gasteiger partial charge on any atom is -0.299 e. The molecule has 5 heteroatoms. The van der Waals surface area contributed by atoms with Crippen molar-refractivity contribution in [3.8, 4) is 0 Å². The number of aryl methyl sites for hydroxylation is 1. The van der Waals surface area contributed by atoms with Gasteiger partial charge in [-0.2, -0.15) is 0 Å². The van der Waals surface area contributed by atoms with E-state index in [1.807, 2.05) is 0 Å². The SMILES string of the molecule is O=C1CCc2nc(Cl)nc(Cl)c2C1. The molecule has 68 valence electrons. The summed E-state index contributed by atoms with van der Waals surface area (Å²) in [5.41, 5.74) is 1.55. The van der Waals surface area contributed by atoms with Crippen molar-refractivity contribution in [1.82, 2.24) is 9.97 Å². The summed E-state index contributed by atoms with van der Waals surface area (Å²) in [7, 11) is 0. The third-order valence-corrected chi connectivity index (χ3v) is 2.51. The van der Waals surface area contributed by atoms with Gasteiger partial charge in [0.2, 0.25) is 5.28 Å². The Kier molecular flexibility index (Phi) is 2.22. The lowest BCUT2D eigenvalue weighted by Gasteiger charge is -2.14. The molecule has 1 aromatic heterocycles. The first-order valence-corrected chi connectivity index (χ1v) is 4.65. The molecule has 13 heavy (non-hydrogen) atoms. The first-order chi connectivity index (χ1) is 6.16. The topological polar surface area (TPSA) is 42.9 Å². The third kappa shape index (κ3) is 1.67. The molecule has 0 N–H and O–H groups in total. The third-order valence-electron chi connectivity index (χ3n) is 2.03. The van der Waals surface area contributed by atoms with Crippen molar-refractivity contribution < 1.29 is 4.79 Å². The van der Waals surface area contributed by atoms with E-state index in [9.17, 15) is 4.79 Å². The van der Waals surface area contributed by atoms with Crippen LogP contribution in [0.15, 0.2) is 0 Å². The molecule has 2 rings (SSSR count). The van der Waals surface area contributed by atoms with Gasteiger partial charge in [0, 0.05) is 18.4 Å². The molecule has 0 spiro atoms. The molecule has 1 heterocycles. The van der Waals surface area contributed by atoms with Gasteiger partial charge in [-0.15, -0.1) is 0 Å². The van der Waals surface area contributed by atoms with Gasteiger partial charge in [0.25, 0.3) is 0 Å². The zero-order chi connectivity index (χ0) is 9.42. The number of ketones is 1. The number of aromatic nitrogens is 2. The van der Waals surface area contributed by atoms with Crippen LogP contribution in [0.25, 0.3) is 0 Å². The van der Waals surface area contributed by atoms with Crippen LogP contribution in [0.4, 0.5) is 0 Å². The minimum absolute atomic E-state index is 0.151. The Labute approximate surface area is 85.1 Å². The van der Waals surface area contributed by atoms with E-state index in [0.29, 0.717) is 24.4 Å². The molecule has 0 saturated heterocycles. The van der Waals surface area contributed by atoms with E-state index in [-0.39, 0.29) is 11.1 Å². The van der Waals surface area contributed by atoms with Crippen LogP contribution in [-0.4, -0.2) is 15.8 Å². The Morgan fingerprint density at radius 1 is 1.15 bits per heavy atom. The number of nitrogens with zero attached hydrogens (tertiary/aromatic N) is 2. The van der Waals surface area contributed by atoms with Crippen LogP contribution >= 0.6 is 23.2 Å². The van der Waals surface area contributed by atoms with E-state index in [2.05, 4.69) is 9.97 Å². The first kappa shape index (κ1) is 8.91. The van der Waals surface area contributed by atoms with Crippen molar-refractivity contribution in [3.05, 3.63) is 21.7 Å². The molecule has 0 amide bonds. The fourth-order valence-corrected chi connectivity index (χ4v) is 1.88. The minimum atomic E-state index is 0.151. The van der Waals surface area contributed by atoms with Crippen LogP contribution < -0.4 is 0 Å². The molecule has 1 aliphatic rings. The largest absolute Gasteiger partial charge is 0.299 e. The smallest absolute Gasteiger partial charge is 0.224 e. The Morgan fingerprint density at radius 2 is 1.92 bits per heavy atom. The van der Waals surface area contributed by atoms with Gasteiger partial charge in [-0.1, -0.05) is 11.6 Å². The summed E-state index contributed by atoms with van der Waals surface area (Å²) in [6, 6.07) is 0. The monoisotopic (exact) mass is 216 g/mol. The van der Waals surface area contributed by atoms with Gasteiger partial charge in [0.1, 0.15) is 10.9 Å². The number of Topliss-reactive ketones (excluding diaryl/α,β-unsaturated/α-hetero) is 1. The van der Waals surface area contributed by atoms with Crippen molar-refractivity contribution >= 4 is 29.0 Å². The highest BCUT2D eigenvalue weighted by molar-refractivity contribution is 6.32. The Morgan fingerprint density at radius 3 is 2.69 bits per heavy atom. The summed E-state index contributed by atoms with van der Waals surface area (Å²) in [4.78, 5) is 18.9. The van der Waals surface area contributed by atoms with E-state index in [1.54, 1.807) is 0 Å². The lowest BCUT2D eigenvalue weighted by atomic mass is 9.96. The summed E-state index contributed by atoms with van der Waals surface area (Å²) >= 11 is 11.5. The zero-order valence-corrected chi connectivity index (χ0v) is 8.19. The second-order valence-electron chi connectivity index (χ2n) is 2.92. The normalized spacial score (nSPS) is 15.7. The molecule has 0 unspecified atom stereocenters. The Balaban J connectivity index is 2.53. The summed E-state index contributed by atoms with van der Waals surface area (Å²) in [5.74, 6) is 0.181. The van der Waals surface area contributed by atoms with E-state index in [1.165, 1.54) is 0 Å². The predicted octanol–water partition coefficient (Wildman–Crippen LogP) is 1.84. The number of hydrogen-bond acceptors (Lipinski definition) is 3. The van der Waals surface area contributed by atoms with Gasteiger partial charge >= 0.3 is 0 Å². The van der Waals surface area contributed by atoms with Crippen molar-refractivity contribution in [2.45, 2.75) is 19.3 Å². The van der Waals surface area contributed by atoms with Crippen molar-refractivity contribution in [3.63, 3.8) is 0 Å². The fraction of sp³-hybridized carbons (Fsp3) is 0.375. The van der Waals surface area contributed by atoms with E-state index < -0.39 is 0 Å². The zero-order valence-electron chi connectivity index (χ0n) is 6.68. The van der Waals surface area contributed by atoms with Gasteiger partial charge < -0.3 is 0 Å². The summed E-state index contributed by atoms with van der Waals surface area (Å²) < 4.78 is 0.